The highest BCUT2D eigenvalue weighted by Gasteiger charge is 2.05. The van der Waals surface area contributed by atoms with Crippen LogP contribution in [0.5, 0.6) is 5.75 Å². The lowest BCUT2D eigenvalue weighted by Gasteiger charge is -2.09. The average Bonchev–Trinajstić information content (AvgIpc) is 2.94. The van der Waals surface area contributed by atoms with Crippen molar-refractivity contribution in [1.29, 1.82) is 0 Å². The summed E-state index contributed by atoms with van der Waals surface area (Å²) in [5, 5.41) is 14.2. The maximum atomic E-state index is 9.73. The van der Waals surface area contributed by atoms with Gasteiger partial charge in [-0.2, -0.15) is 5.10 Å². The average molecular weight is 274 g/mol. The topological polar surface area (TPSA) is 47.3 Å². The molecule has 108 valence electrons. The van der Waals surface area contributed by atoms with E-state index in [0.29, 0.717) is 19.1 Å². The quantitative estimate of drug-likeness (QED) is 0.877. The Labute approximate surface area is 120 Å². The Kier molecular flexibility index (Phi) is 4.79. The molecular weight excluding hydrogens is 252 g/mol. The van der Waals surface area contributed by atoms with Gasteiger partial charge in [0.2, 0.25) is 0 Å². The number of hydrogen-bond donors (Lipinski definition) is 1. The van der Waals surface area contributed by atoms with E-state index in [4.69, 9.17) is 4.74 Å². The van der Waals surface area contributed by atoms with Crippen LogP contribution in [0.3, 0.4) is 0 Å². The fourth-order valence-electron chi connectivity index (χ4n) is 1.92. The second-order valence-electron chi connectivity index (χ2n) is 5.16. The number of aliphatic hydroxyl groups is 1. The summed E-state index contributed by atoms with van der Waals surface area (Å²) in [4.78, 5) is 0. The second-order valence-corrected chi connectivity index (χ2v) is 5.16. The van der Waals surface area contributed by atoms with Gasteiger partial charge in [-0.25, -0.2) is 0 Å². The molecule has 1 heterocycles. The smallest absolute Gasteiger partial charge is 0.132 e. The van der Waals surface area contributed by atoms with Crippen molar-refractivity contribution in [3.05, 3.63) is 47.8 Å². The van der Waals surface area contributed by atoms with Crippen LogP contribution in [0.25, 0.3) is 0 Å². The van der Waals surface area contributed by atoms with E-state index in [0.717, 1.165) is 17.0 Å². The molecule has 0 fully saturated rings. The molecule has 0 radical (unpaired) electrons. The maximum Gasteiger partial charge on any atom is 0.132 e. The van der Waals surface area contributed by atoms with Gasteiger partial charge < -0.3 is 9.84 Å². The van der Waals surface area contributed by atoms with E-state index in [9.17, 15) is 5.11 Å². The number of nitrogens with zero attached hydrogens (tertiary/aromatic N) is 2. The largest absolute Gasteiger partial charge is 0.487 e. The molecule has 0 bridgehead atoms. The molecule has 1 atom stereocenters. The van der Waals surface area contributed by atoms with Crippen LogP contribution < -0.4 is 4.74 Å². The molecule has 0 aliphatic carbocycles. The highest BCUT2D eigenvalue weighted by atomic mass is 16.5. The number of ether oxygens (including phenoxy) is 1. The van der Waals surface area contributed by atoms with Crippen molar-refractivity contribution in [3.63, 3.8) is 0 Å². The molecule has 2 aromatic rings. The van der Waals surface area contributed by atoms with Crippen molar-refractivity contribution in [2.75, 3.05) is 0 Å². The summed E-state index contributed by atoms with van der Waals surface area (Å²) in [6.07, 6.45) is 2.28. The van der Waals surface area contributed by atoms with Gasteiger partial charge in [-0.1, -0.05) is 19.1 Å². The zero-order valence-electron chi connectivity index (χ0n) is 12.3. The summed E-state index contributed by atoms with van der Waals surface area (Å²) in [5.74, 6) is 0.788. The first kappa shape index (κ1) is 14.6. The minimum atomic E-state index is -0.397. The van der Waals surface area contributed by atoms with Crippen molar-refractivity contribution >= 4 is 0 Å². The Morgan fingerprint density at radius 3 is 2.45 bits per heavy atom. The van der Waals surface area contributed by atoms with Gasteiger partial charge in [0.25, 0.3) is 0 Å². The van der Waals surface area contributed by atoms with Crippen molar-refractivity contribution in [2.45, 2.75) is 45.9 Å². The van der Waals surface area contributed by atoms with E-state index in [1.165, 1.54) is 0 Å². The van der Waals surface area contributed by atoms with Gasteiger partial charge >= 0.3 is 0 Å². The number of benzene rings is 1. The highest BCUT2D eigenvalue weighted by Crippen LogP contribution is 2.20. The van der Waals surface area contributed by atoms with Crippen molar-refractivity contribution in [2.24, 2.45) is 0 Å². The molecule has 20 heavy (non-hydrogen) atoms. The molecular formula is C16H22N2O2. The fraction of sp³-hybridized carbons (Fsp3) is 0.438. The Morgan fingerprint density at radius 1 is 1.20 bits per heavy atom. The number of rotatable bonds is 6. The Hall–Kier alpha value is -1.81. The van der Waals surface area contributed by atoms with Gasteiger partial charge in [0.15, 0.2) is 0 Å². The molecule has 0 aliphatic rings. The number of aromatic nitrogens is 2. The van der Waals surface area contributed by atoms with Gasteiger partial charge in [-0.15, -0.1) is 0 Å². The number of hydrogen-bond acceptors (Lipinski definition) is 3. The number of aliphatic hydroxyl groups excluding tert-OH is 1. The van der Waals surface area contributed by atoms with E-state index >= 15 is 0 Å². The Bertz CT molecular complexity index is 532. The zero-order chi connectivity index (χ0) is 14.5. The molecule has 0 aliphatic heterocycles. The van der Waals surface area contributed by atoms with Crippen LogP contribution in [-0.2, 0) is 6.61 Å². The third kappa shape index (κ3) is 3.61. The fourth-order valence-corrected chi connectivity index (χ4v) is 1.92. The third-order valence-electron chi connectivity index (χ3n) is 3.23. The van der Waals surface area contributed by atoms with Crippen LogP contribution in [-0.4, -0.2) is 14.9 Å². The van der Waals surface area contributed by atoms with Crippen LogP contribution in [0.1, 0.15) is 50.6 Å². The normalized spacial score (nSPS) is 12.7. The zero-order valence-corrected chi connectivity index (χ0v) is 12.3. The van der Waals surface area contributed by atoms with E-state index in [1.54, 1.807) is 0 Å². The highest BCUT2D eigenvalue weighted by molar-refractivity contribution is 5.28. The summed E-state index contributed by atoms with van der Waals surface area (Å²) < 4.78 is 7.61. The molecule has 1 aromatic heterocycles. The van der Waals surface area contributed by atoms with Gasteiger partial charge in [0.1, 0.15) is 12.4 Å². The second kappa shape index (κ2) is 6.57. The lowest BCUT2D eigenvalue weighted by atomic mass is 10.1. The minimum Gasteiger partial charge on any atom is -0.487 e. The maximum absolute atomic E-state index is 9.73. The van der Waals surface area contributed by atoms with Gasteiger partial charge in [0, 0.05) is 12.2 Å². The van der Waals surface area contributed by atoms with Gasteiger partial charge in [-0.05, 0) is 44.0 Å². The first-order chi connectivity index (χ1) is 9.60. The van der Waals surface area contributed by atoms with Crippen molar-refractivity contribution < 1.29 is 9.84 Å². The Morgan fingerprint density at radius 2 is 1.90 bits per heavy atom. The van der Waals surface area contributed by atoms with Crippen LogP contribution >= 0.6 is 0 Å². The first-order valence-corrected chi connectivity index (χ1v) is 7.05. The molecule has 1 N–H and O–H groups in total. The summed E-state index contributed by atoms with van der Waals surface area (Å²) >= 11 is 0. The molecule has 0 spiro atoms. The van der Waals surface area contributed by atoms with E-state index in [2.05, 4.69) is 18.9 Å². The predicted molar refractivity (Wildman–Crippen MR) is 78.6 cm³/mol. The standard InChI is InChI=1S/C16H22N2O2/c1-4-16(19)13-5-7-15(8-6-13)20-11-14-9-10-18(17-14)12(2)3/h5-10,12,16,19H,4,11H2,1-3H3/t16-/m1/s1. The molecule has 4 heteroatoms. The third-order valence-corrected chi connectivity index (χ3v) is 3.23. The van der Waals surface area contributed by atoms with Crippen LogP contribution in [0.2, 0.25) is 0 Å². The molecule has 4 nitrogen and oxygen atoms in total. The monoisotopic (exact) mass is 274 g/mol. The molecule has 0 saturated heterocycles. The van der Waals surface area contributed by atoms with Crippen LogP contribution in [0.15, 0.2) is 36.5 Å². The Balaban J connectivity index is 1.93. The molecule has 0 unspecified atom stereocenters. The van der Waals surface area contributed by atoms with Gasteiger partial charge in [0.05, 0.1) is 11.8 Å². The molecule has 1 aromatic carbocycles. The summed E-state index contributed by atoms with van der Waals surface area (Å²) in [6.45, 7) is 6.60. The minimum absolute atomic E-state index is 0.360. The molecule has 0 amide bonds. The van der Waals surface area contributed by atoms with E-state index in [-0.39, 0.29) is 0 Å². The van der Waals surface area contributed by atoms with Crippen molar-refractivity contribution in [1.82, 2.24) is 9.78 Å². The van der Waals surface area contributed by atoms with Crippen LogP contribution in [0, 0.1) is 0 Å². The summed E-state index contributed by atoms with van der Waals surface area (Å²) in [6, 6.07) is 9.89. The van der Waals surface area contributed by atoms with Gasteiger partial charge in [-0.3, -0.25) is 4.68 Å². The predicted octanol–water partition coefficient (Wildman–Crippen LogP) is 3.49. The summed E-state index contributed by atoms with van der Waals surface area (Å²) in [7, 11) is 0. The van der Waals surface area contributed by atoms with Crippen LogP contribution in [0.4, 0.5) is 0 Å². The molecule has 2 rings (SSSR count). The van der Waals surface area contributed by atoms with E-state index < -0.39 is 6.10 Å². The SMILES string of the molecule is CC[C@@H](O)c1ccc(OCc2ccn(C(C)C)n2)cc1. The lowest BCUT2D eigenvalue weighted by Crippen LogP contribution is -2.03. The summed E-state index contributed by atoms with van der Waals surface area (Å²) in [5.41, 5.74) is 1.83. The lowest BCUT2D eigenvalue weighted by molar-refractivity contribution is 0.173. The first-order valence-electron chi connectivity index (χ1n) is 7.05. The molecule has 0 saturated carbocycles. The van der Waals surface area contributed by atoms with E-state index in [1.807, 2.05) is 48.1 Å². The van der Waals surface area contributed by atoms with Crippen molar-refractivity contribution in [3.8, 4) is 5.75 Å².